The molecule has 1 aromatic heterocycles. The van der Waals surface area contributed by atoms with Gasteiger partial charge in [0.2, 0.25) is 0 Å². The molecule has 0 aliphatic rings. The van der Waals surface area contributed by atoms with Crippen molar-refractivity contribution in [1.82, 2.24) is 9.97 Å². The lowest BCUT2D eigenvalue weighted by Gasteiger charge is -2.05. The highest BCUT2D eigenvalue weighted by atomic mass is 16.3. The molecular formula is C12H7N5O. The lowest BCUT2D eigenvalue weighted by atomic mass is 10.1. The molecule has 2 aromatic rings. The highest BCUT2D eigenvalue weighted by Gasteiger charge is 2.12. The molecule has 2 rings (SSSR count). The number of hydrogen-bond acceptors (Lipinski definition) is 6. The Bertz CT molecular complexity index is 679. The van der Waals surface area contributed by atoms with E-state index < -0.39 is 0 Å². The monoisotopic (exact) mass is 237 g/mol. The van der Waals surface area contributed by atoms with Gasteiger partial charge in [0, 0.05) is 5.56 Å². The quantitative estimate of drug-likeness (QED) is 0.768. The van der Waals surface area contributed by atoms with Crippen LogP contribution < -0.4 is 5.73 Å². The van der Waals surface area contributed by atoms with Crippen molar-refractivity contribution in [2.45, 2.75) is 0 Å². The maximum atomic E-state index is 9.19. The second-order valence-corrected chi connectivity index (χ2v) is 3.43. The average molecular weight is 237 g/mol. The van der Waals surface area contributed by atoms with Crippen molar-refractivity contribution in [3.8, 4) is 29.1 Å². The molecule has 0 saturated carbocycles. The topological polar surface area (TPSA) is 120 Å². The van der Waals surface area contributed by atoms with Crippen LogP contribution in [-0.4, -0.2) is 15.1 Å². The van der Waals surface area contributed by atoms with Crippen molar-refractivity contribution >= 4 is 5.82 Å². The molecule has 3 N–H and O–H groups in total. The first-order valence-corrected chi connectivity index (χ1v) is 4.93. The van der Waals surface area contributed by atoms with E-state index in [2.05, 4.69) is 9.97 Å². The molecule has 0 amide bonds. The van der Waals surface area contributed by atoms with Crippen LogP contribution in [0.25, 0.3) is 11.3 Å². The van der Waals surface area contributed by atoms with Crippen molar-refractivity contribution in [2.75, 3.05) is 5.73 Å². The first-order valence-electron chi connectivity index (χ1n) is 4.93. The standard InChI is InChI=1S/C12H7N5O/c13-5-9-10(6-14)17-12(15)11(16-9)7-1-3-8(18)4-2-7/h1-4,18H,(H2,15,17). The number of hydrogen-bond donors (Lipinski definition) is 2. The van der Waals surface area contributed by atoms with Gasteiger partial charge in [-0.3, -0.25) is 0 Å². The fourth-order valence-corrected chi connectivity index (χ4v) is 1.44. The van der Waals surface area contributed by atoms with Crippen LogP contribution in [0.3, 0.4) is 0 Å². The van der Waals surface area contributed by atoms with Crippen LogP contribution in [0.4, 0.5) is 5.82 Å². The Hall–Kier alpha value is -3.12. The molecule has 6 nitrogen and oxygen atoms in total. The minimum Gasteiger partial charge on any atom is -0.508 e. The Balaban J connectivity index is 2.63. The lowest BCUT2D eigenvalue weighted by molar-refractivity contribution is 0.475. The molecule has 0 spiro atoms. The third-order valence-corrected chi connectivity index (χ3v) is 2.28. The Kier molecular flexibility index (Phi) is 2.78. The molecule has 1 heterocycles. The van der Waals surface area contributed by atoms with Gasteiger partial charge in [0.1, 0.15) is 23.6 Å². The zero-order chi connectivity index (χ0) is 13.1. The van der Waals surface area contributed by atoms with Crippen molar-refractivity contribution in [2.24, 2.45) is 0 Å². The van der Waals surface area contributed by atoms with Crippen LogP contribution in [0, 0.1) is 22.7 Å². The highest BCUT2D eigenvalue weighted by molar-refractivity contribution is 5.71. The molecule has 0 aliphatic carbocycles. The molecule has 0 aliphatic heterocycles. The maximum Gasteiger partial charge on any atom is 0.179 e. The smallest absolute Gasteiger partial charge is 0.179 e. The molecule has 6 heteroatoms. The van der Waals surface area contributed by atoms with Gasteiger partial charge in [0.15, 0.2) is 17.2 Å². The molecule has 0 saturated heterocycles. The van der Waals surface area contributed by atoms with Crippen LogP contribution in [0.1, 0.15) is 11.4 Å². The van der Waals surface area contributed by atoms with Gasteiger partial charge in [-0.1, -0.05) is 0 Å². The Morgan fingerprint density at radius 1 is 1.00 bits per heavy atom. The average Bonchev–Trinajstić information content (AvgIpc) is 2.39. The zero-order valence-corrected chi connectivity index (χ0v) is 9.12. The predicted octanol–water partition coefficient (Wildman–Crippen LogP) is 1.17. The van der Waals surface area contributed by atoms with Crippen LogP contribution >= 0.6 is 0 Å². The van der Waals surface area contributed by atoms with Gasteiger partial charge >= 0.3 is 0 Å². The van der Waals surface area contributed by atoms with Crippen molar-refractivity contribution in [3.63, 3.8) is 0 Å². The molecular weight excluding hydrogens is 230 g/mol. The normalized spacial score (nSPS) is 9.44. The summed E-state index contributed by atoms with van der Waals surface area (Å²) in [7, 11) is 0. The lowest BCUT2D eigenvalue weighted by Crippen LogP contribution is -2.03. The predicted molar refractivity (Wildman–Crippen MR) is 63.0 cm³/mol. The number of benzene rings is 1. The molecule has 18 heavy (non-hydrogen) atoms. The van der Waals surface area contributed by atoms with E-state index in [1.807, 2.05) is 0 Å². The summed E-state index contributed by atoms with van der Waals surface area (Å²) in [5.74, 6) is 0.177. The summed E-state index contributed by atoms with van der Waals surface area (Å²) in [5.41, 5.74) is 6.44. The number of nitrogens with two attached hydrogens (primary N) is 1. The van der Waals surface area contributed by atoms with Gasteiger partial charge in [-0.15, -0.1) is 0 Å². The molecule has 0 bridgehead atoms. The van der Waals surface area contributed by atoms with Gasteiger partial charge in [-0.05, 0) is 24.3 Å². The van der Waals surface area contributed by atoms with Gasteiger partial charge in [-0.2, -0.15) is 10.5 Å². The van der Waals surface area contributed by atoms with E-state index in [4.69, 9.17) is 16.3 Å². The van der Waals surface area contributed by atoms with Gasteiger partial charge in [-0.25, -0.2) is 9.97 Å². The summed E-state index contributed by atoms with van der Waals surface area (Å²) in [5, 5.41) is 26.8. The zero-order valence-electron chi connectivity index (χ0n) is 9.12. The van der Waals surface area contributed by atoms with E-state index >= 15 is 0 Å². The van der Waals surface area contributed by atoms with Gasteiger partial charge in [0.05, 0.1) is 0 Å². The van der Waals surface area contributed by atoms with Gasteiger partial charge < -0.3 is 10.8 Å². The number of aromatic hydroxyl groups is 1. The van der Waals surface area contributed by atoms with Crippen LogP contribution in [0.5, 0.6) is 5.75 Å². The Morgan fingerprint density at radius 3 is 2.11 bits per heavy atom. The molecule has 86 valence electrons. The fraction of sp³-hybridized carbons (Fsp3) is 0. The third-order valence-electron chi connectivity index (χ3n) is 2.28. The first kappa shape index (κ1) is 11.4. The number of nitriles is 2. The second kappa shape index (κ2) is 4.40. The number of nitrogen functional groups attached to an aromatic ring is 1. The van der Waals surface area contributed by atoms with Gasteiger partial charge in [0.25, 0.3) is 0 Å². The molecule has 1 aromatic carbocycles. The minimum absolute atomic E-state index is 0.0660. The maximum absolute atomic E-state index is 9.19. The molecule has 0 atom stereocenters. The summed E-state index contributed by atoms with van der Waals surface area (Å²) in [6.45, 7) is 0. The van der Waals surface area contributed by atoms with E-state index in [-0.39, 0.29) is 23.0 Å². The van der Waals surface area contributed by atoms with E-state index in [9.17, 15) is 5.11 Å². The van der Waals surface area contributed by atoms with E-state index in [1.54, 1.807) is 24.3 Å². The largest absolute Gasteiger partial charge is 0.508 e. The van der Waals surface area contributed by atoms with E-state index in [1.165, 1.54) is 12.1 Å². The summed E-state index contributed by atoms with van der Waals surface area (Å²) in [6, 6.07) is 9.70. The first-order chi connectivity index (χ1) is 8.65. The fourth-order valence-electron chi connectivity index (χ4n) is 1.44. The second-order valence-electron chi connectivity index (χ2n) is 3.43. The number of rotatable bonds is 1. The van der Waals surface area contributed by atoms with Crippen LogP contribution in [0.15, 0.2) is 24.3 Å². The number of phenols is 1. The van der Waals surface area contributed by atoms with Crippen LogP contribution in [-0.2, 0) is 0 Å². The van der Waals surface area contributed by atoms with Crippen molar-refractivity contribution in [1.29, 1.82) is 10.5 Å². The number of nitrogens with zero attached hydrogens (tertiary/aromatic N) is 4. The molecule has 0 fully saturated rings. The molecule has 0 radical (unpaired) electrons. The van der Waals surface area contributed by atoms with Crippen molar-refractivity contribution < 1.29 is 5.11 Å². The SMILES string of the molecule is N#Cc1nc(N)c(-c2ccc(O)cc2)nc1C#N. The number of phenolic OH excluding ortho intramolecular Hbond substituents is 1. The molecule has 0 unspecified atom stereocenters. The summed E-state index contributed by atoms with van der Waals surface area (Å²) in [4.78, 5) is 7.84. The summed E-state index contributed by atoms with van der Waals surface area (Å²) >= 11 is 0. The Morgan fingerprint density at radius 2 is 1.56 bits per heavy atom. The third kappa shape index (κ3) is 1.91. The summed E-state index contributed by atoms with van der Waals surface area (Å²) < 4.78 is 0. The number of aromatic nitrogens is 2. The minimum atomic E-state index is -0.0995. The Labute approximate surface area is 103 Å². The highest BCUT2D eigenvalue weighted by Crippen LogP contribution is 2.24. The van der Waals surface area contributed by atoms with E-state index in [0.717, 1.165) is 0 Å². The van der Waals surface area contributed by atoms with Crippen LogP contribution in [0.2, 0.25) is 0 Å². The summed E-state index contributed by atoms with van der Waals surface area (Å²) in [6.07, 6.45) is 0. The van der Waals surface area contributed by atoms with Crippen molar-refractivity contribution in [3.05, 3.63) is 35.7 Å². The van der Waals surface area contributed by atoms with E-state index in [0.29, 0.717) is 11.3 Å². The number of anilines is 1.